The van der Waals surface area contributed by atoms with Gasteiger partial charge in [0.1, 0.15) is 0 Å². The molecule has 19 heavy (non-hydrogen) atoms. The van der Waals surface area contributed by atoms with Crippen LogP contribution in [-0.4, -0.2) is 29.8 Å². The number of thiophene rings is 1. The highest BCUT2D eigenvalue weighted by molar-refractivity contribution is 7.12. The van der Waals surface area contributed by atoms with Crippen molar-refractivity contribution in [2.75, 3.05) is 13.1 Å². The molecule has 0 atom stereocenters. The average molecular weight is 280 g/mol. The Morgan fingerprint density at radius 1 is 1.42 bits per heavy atom. The first-order valence-electron chi connectivity index (χ1n) is 6.34. The van der Waals surface area contributed by atoms with Crippen LogP contribution in [0.15, 0.2) is 18.2 Å². The second kappa shape index (κ2) is 7.74. The van der Waals surface area contributed by atoms with Gasteiger partial charge in [0.2, 0.25) is 11.8 Å². The van der Waals surface area contributed by atoms with Crippen LogP contribution in [0.1, 0.15) is 29.5 Å². The predicted molar refractivity (Wildman–Crippen MR) is 78.8 cm³/mol. The molecule has 5 heteroatoms. The molecular weight excluding hydrogens is 260 g/mol. The third-order valence-electron chi connectivity index (χ3n) is 2.59. The number of hydrogen-bond donors (Lipinski definition) is 1. The van der Waals surface area contributed by atoms with Crippen molar-refractivity contribution in [2.24, 2.45) is 5.73 Å². The molecule has 0 aliphatic heterocycles. The maximum absolute atomic E-state index is 12.0. The van der Waals surface area contributed by atoms with E-state index in [0.717, 1.165) is 17.7 Å². The lowest BCUT2D eigenvalue weighted by molar-refractivity contribution is -0.131. The smallest absolute Gasteiger partial charge is 0.247 e. The van der Waals surface area contributed by atoms with Gasteiger partial charge in [-0.2, -0.15) is 0 Å². The van der Waals surface area contributed by atoms with Crippen LogP contribution in [0.25, 0.3) is 6.08 Å². The Bertz CT molecular complexity index is 466. The topological polar surface area (TPSA) is 63.4 Å². The lowest BCUT2D eigenvalue weighted by Gasteiger charge is -2.18. The van der Waals surface area contributed by atoms with Crippen molar-refractivity contribution in [3.05, 3.63) is 28.0 Å². The second-order valence-corrected chi connectivity index (χ2v) is 5.68. The summed E-state index contributed by atoms with van der Waals surface area (Å²) in [5.41, 5.74) is 5.16. The van der Waals surface area contributed by atoms with Crippen LogP contribution in [0, 0.1) is 6.92 Å². The molecule has 0 aromatic carbocycles. The largest absolute Gasteiger partial charge is 0.368 e. The molecule has 1 aromatic heterocycles. The highest BCUT2D eigenvalue weighted by Crippen LogP contribution is 2.16. The molecule has 0 spiro atoms. The molecule has 0 fully saturated rings. The SMILES string of the molecule is CCCCN(CC(N)=O)C(=O)/C=C/c1ccc(C)s1. The van der Waals surface area contributed by atoms with Crippen LogP contribution >= 0.6 is 11.3 Å². The fourth-order valence-corrected chi connectivity index (χ4v) is 2.39. The molecule has 0 aliphatic rings. The van der Waals surface area contributed by atoms with Crippen molar-refractivity contribution in [1.29, 1.82) is 0 Å². The zero-order chi connectivity index (χ0) is 14.3. The van der Waals surface area contributed by atoms with Gasteiger partial charge in [0.15, 0.2) is 0 Å². The average Bonchev–Trinajstić information content (AvgIpc) is 2.77. The number of carbonyl (C=O) groups excluding carboxylic acids is 2. The van der Waals surface area contributed by atoms with Gasteiger partial charge in [-0.1, -0.05) is 13.3 Å². The number of nitrogens with two attached hydrogens (primary N) is 1. The number of amides is 2. The zero-order valence-electron chi connectivity index (χ0n) is 11.4. The molecular formula is C14H20N2O2S. The van der Waals surface area contributed by atoms with Crippen LogP contribution in [0.4, 0.5) is 0 Å². The van der Waals surface area contributed by atoms with Crippen molar-refractivity contribution < 1.29 is 9.59 Å². The van der Waals surface area contributed by atoms with Gasteiger partial charge in [0.25, 0.3) is 0 Å². The van der Waals surface area contributed by atoms with E-state index in [-0.39, 0.29) is 12.5 Å². The zero-order valence-corrected chi connectivity index (χ0v) is 12.2. The molecule has 1 heterocycles. The lowest BCUT2D eigenvalue weighted by atomic mass is 10.3. The van der Waals surface area contributed by atoms with E-state index in [4.69, 9.17) is 5.73 Å². The Labute approximate surface area is 117 Å². The van der Waals surface area contributed by atoms with Crippen molar-refractivity contribution >= 4 is 29.2 Å². The summed E-state index contributed by atoms with van der Waals surface area (Å²) >= 11 is 1.62. The molecule has 0 radical (unpaired) electrons. The summed E-state index contributed by atoms with van der Waals surface area (Å²) in [6.45, 7) is 4.60. The van der Waals surface area contributed by atoms with Crippen molar-refractivity contribution in [2.45, 2.75) is 26.7 Å². The van der Waals surface area contributed by atoms with E-state index < -0.39 is 5.91 Å². The first-order valence-corrected chi connectivity index (χ1v) is 7.16. The van der Waals surface area contributed by atoms with Gasteiger partial charge in [-0.3, -0.25) is 9.59 Å². The van der Waals surface area contributed by atoms with Gasteiger partial charge in [0.05, 0.1) is 6.54 Å². The van der Waals surface area contributed by atoms with E-state index in [1.54, 1.807) is 17.4 Å². The Morgan fingerprint density at radius 3 is 2.68 bits per heavy atom. The highest BCUT2D eigenvalue weighted by atomic mass is 32.1. The summed E-state index contributed by atoms with van der Waals surface area (Å²) in [5, 5.41) is 0. The first kappa shape index (κ1) is 15.4. The van der Waals surface area contributed by atoms with Gasteiger partial charge in [-0.25, -0.2) is 0 Å². The maximum Gasteiger partial charge on any atom is 0.247 e. The number of nitrogens with zero attached hydrogens (tertiary/aromatic N) is 1. The van der Waals surface area contributed by atoms with E-state index in [9.17, 15) is 9.59 Å². The summed E-state index contributed by atoms with van der Waals surface area (Å²) in [7, 11) is 0. The molecule has 0 aliphatic carbocycles. The number of carbonyl (C=O) groups is 2. The minimum Gasteiger partial charge on any atom is -0.368 e. The minimum atomic E-state index is -0.482. The predicted octanol–water partition coefficient (Wildman–Crippen LogP) is 2.18. The van der Waals surface area contributed by atoms with E-state index in [2.05, 4.69) is 0 Å². The Morgan fingerprint density at radius 2 is 2.16 bits per heavy atom. The number of primary amides is 1. The molecule has 4 nitrogen and oxygen atoms in total. The van der Waals surface area contributed by atoms with Crippen LogP contribution in [0.2, 0.25) is 0 Å². The monoisotopic (exact) mass is 280 g/mol. The van der Waals surface area contributed by atoms with Gasteiger partial charge < -0.3 is 10.6 Å². The normalized spacial score (nSPS) is 10.8. The summed E-state index contributed by atoms with van der Waals surface area (Å²) in [5.74, 6) is -0.650. The number of hydrogen-bond acceptors (Lipinski definition) is 3. The molecule has 104 valence electrons. The van der Waals surface area contributed by atoms with E-state index in [1.807, 2.05) is 26.0 Å². The molecule has 2 N–H and O–H groups in total. The minimum absolute atomic E-state index is 0.0212. The molecule has 0 bridgehead atoms. The van der Waals surface area contributed by atoms with Crippen LogP contribution in [0.3, 0.4) is 0 Å². The molecule has 0 saturated heterocycles. The van der Waals surface area contributed by atoms with Crippen LogP contribution in [0.5, 0.6) is 0 Å². The van der Waals surface area contributed by atoms with E-state index in [0.29, 0.717) is 6.54 Å². The fourth-order valence-electron chi connectivity index (χ4n) is 1.61. The quantitative estimate of drug-likeness (QED) is 0.778. The van der Waals surface area contributed by atoms with Crippen LogP contribution < -0.4 is 5.73 Å². The lowest BCUT2D eigenvalue weighted by Crippen LogP contribution is -2.38. The first-order chi connectivity index (χ1) is 9.02. The number of aryl methyl sites for hydroxylation is 1. The van der Waals surface area contributed by atoms with Gasteiger partial charge >= 0.3 is 0 Å². The number of unbranched alkanes of at least 4 members (excludes halogenated alkanes) is 1. The Balaban J connectivity index is 2.64. The molecule has 1 aromatic rings. The summed E-state index contributed by atoms with van der Waals surface area (Å²) in [4.78, 5) is 26.7. The fraction of sp³-hybridized carbons (Fsp3) is 0.429. The second-order valence-electron chi connectivity index (χ2n) is 4.36. The maximum atomic E-state index is 12.0. The third kappa shape index (κ3) is 5.70. The molecule has 0 saturated carbocycles. The van der Waals surface area contributed by atoms with Gasteiger partial charge in [0, 0.05) is 22.4 Å². The van der Waals surface area contributed by atoms with Crippen molar-refractivity contribution in [3.8, 4) is 0 Å². The highest BCUT2D eigenvalue weighted by Gasteiger charge is 2.12. The van der Waals surface area contributed by atoms with E-state index >= 15 is 0 Å². The summed E-state index contributed by atoms with van der Waals surface area (Å²) < 4.78 is 0. The molecule has 1 rings (SSSR count). The summed E-state index contributed by atoms with van der Waals surface area (Å²) in [6.07, 6.45) is 5.12. The molecule has 2 amide bonds. The van der Waals surface area contributed by atoms with Gasteiger partial charge in [-0.15, -0.1) is 11.3 Å². The van der Waals surface area contributed by atoms with Crippen molar-refractivity contribution in [1.82, 2.24) is 4.90 Å². The Hall–Kier alpha value is -1.62. The van der Waals surface area contributed by atoms with Crippen molar-refractivity contribution in [3.63, 3.8) is 0 Å². The van der Waals surface area contributed by atoms with Gasteiger partial charge in [-0.05, 0) is 31.6 Å². The molecule has 0 unspecified atom stereocenters. The van der Waals surface area contributed by atoms with E-state index in [1.165, 1.54) is 15.9 Å². The number of rotatable bonds is 7. The summed E-state index contributed by atoms with van der Waals surface area (Å²) in [6, 6.07) is 3.97. The Kier molecular flexibility index (Phi) is 6.29. The third-order valence-corrected chi connectivity index (χ3v) is 3.56. The standard InChI is InChI=1S/C14H20N2O2S/c1-3-4-9-16(10-13(15)17)14(18)8-7-12-6-5-11(2)19-12/h5-8H,3-4,9-10H2,1-2H3,(H2,15,17)/b8-7+. The van der Waals surface area contributed by atoms with Crippen LogP contribution in [-0.2, 0) is 9.59 Å².